The molecule has 30 heavy (non-hydrogen) atoms. The van der Waals surface area contributed by atoms with Crippen LogP contribution in [0.25, 0.3) is 11.3 Å². The van der Waals surface area contributed by atoms with Crippen molar-refractivity contribution in [2.24, 2.45) is 7.05 Å². The lowest BCUT2D eigenvalue weighted by Crippen LogP contribution is -2.34. The summed E-state index contributed by atoms with van der Waals surface area (Å²) in [5, 5.41) is 2.92. The fourth-order valence-electron chi connectivity index (χ4n) is 3.31. The summed E-state index contributed by atoms with van der Waals surface area (Å²) in [5.74, 6) is 0.168. The highest BCUT2D eigenvalue weighted by molar-refractivity contribution is 7.89. The van der Waals surface area contributed by atoms with Gasteiger partial charge in [-0.05, 0) is 24.3 Å². The predicted octanol–water partition coefficient (Wildman–Crippen LogP) is 1.67. The largest absolute Gasteiger partial charge is 0.349 e. The highest BCUT2D eigenvalue weighted by atomic mass is 32.2. The molecule has 2 aromatic heterocycles. The number of alkyl halides is 1. The normalized spacial score (nSPS) is 19.7. The molecule has 2 atom stereocenters. The van der Waals surface area contributed by atoms with E-state index in [-0.39, 0.29) is 29.5 Å². The first-order valence-electron chi connectivity index (χ1n) is 9.30. The van der Waals surface area contributed by atoms with Crippen LogP contribution in [0, 0.1) is 0 Å². The van der Waals surface area contributed by atoms with Crippen molar-refractivity contribution in [3.63, 3.8) is 0 Å². The summed E-state index contributed by atoms with van der Waals surface area (Å²) in [5.41, 5.74) is 0.800. The van der Waals surface area contributed by atoms with Crippen molar-refractivity contribution in [1.29, 1.82) is 0 Å². The Bertz CT molecular complexity index is 1200. The molecule has 0 unspecified atom stereocenters. The molecule has 1 aromatic carbocycles. The summed E-state index contributed by atoms with van der Waals surface area (Å²) >= 11 is 0. The summed E-state index contributed by atoms with van der Waals surface area (Å²) in [7, 11) is -2.29. The van der Waals surface area contributed by atoms with Crippen LogP contribution < -0.4 is 10.9 Å². The molecule has 1 N–H and O–H groups in total. The lowest BCUT2D eigenvalue weighted by molar-refractivity contribution is 0.329. The number of halogens is 1. The number of rotatable bonds is 5. The van der Waals surface area contributed by atoms with Crippen LogP contribution in [0.3, 0.4) is 0 Å². The van der Waals surface area contributed by atoms with Crippen LogP contribution in [-0.4, -0.2) is 52.6 Å². The Morgan fingerprint density at radius 2 is 1.80 bits per heavy atom. The third kappa shape index (κ3) is 3.83. The number of hydrogen-bond acceptors (Lipinski definition) is 6. The van der Waals surface area contributed by atoms with Gasteiger partial charge in [-0.3, -0.25) is 14.3 Å². The third-order valence-electron chi connectivity index (χ3n) is 5.02. The van der Waals surface area contributed by atoms with Gasteiger partial charge in [-0.15, -0.1) is 0 Å². The minimum absolute atomic E-state index is 0.0756. The summed E-state index contributed by atoms with van der Waals surface area (Å²) in [6, 6.07) is 11.9. The Kier molecular flexibility index (Phi) is 5.35. The van der Waals surface area contributed by atoms with Gasteiger partial charge in [0.15, 0.2) is 0 Å². The highest BCUT2D eigenvalue weighted by Gasteiger charge is 2.40. The molecule has 1 aliphatic rings. The number of benzene rings is 1. The molecular formula is C20H20FN5O3S. The number of nitrogens with zero attached hydrogens (tertiary/aromatic N) is 4. The predicted molar refractivity (Wildman–Crippen MR) is 110 cm³/mol. The van der Waals surface area contributed by atoms with Crippen LogP contribution in [0.1, 0.15) is 0 Å². The van der Waals surface area contributed by atoms with E-state index >= 15 is 0 Å². The molecule has 0 saturated carbocycles. The Morgan fingerprint density at radius 1 is 1.10 bits per heavy atom. The number of sulfonamides is 1. The lowest BCUT2D eigenvalue weighted by atomic mass is 10.2. The molecule has 156 valence electrons. The molecule has 0 radical (unpaired) electrons. The van der Waals surface area contributed by atoms with Crippen molar-refractivity contribution in [2.45, 2.75) is 17.1 Å². The Hall–Kier alpha value is -3.11. The summed E-state index contributed by atoms with van der Waals surface area (Å²) < 4.78 is 42.7. The molecule has 8 nitrogen and oxygen atoms in total. The maximum Gasteiger partial charge on any atom is 0.255 e. The number of pyridine rings is 1. The van der Waals surface area contributed by atoms with Crippen LogP contribution in [-0.2, 0) is 17.1 Å². The van der Waals surface area contributed by atoms with Gasteiger partial charge in [0, 0.05) is 44.2 Å². The monoisotopic (exact) mass is 429 g/mol. The molecule has 0 aliphatic carbocycles. The van der Waals surface area contributed by atoms with Crippen molar-refractivity contribution in [2.75, 3.05) is 18.4 Å². The van der Waals surface area contributed by atoms with Crippen LogP contribution in [0.15, 0.2) is 70.6 Å². The van der Waals surface area contributed by atoms with Gasteiger partial charge in [0.1, 0.15) is 6.17 Å². The van der Waals surface area contributed by atoms with E-state index < -0.39 is 22.2 Å². The number of hydrogen-bond donors (Lipinski definition) is 1. The first kappa shape index (κ1) is 20.2. The number of nitrogens with one attached hydrogen (secondary N) is 1. The Labute approximate surface area is 173 Å². The van der Waals surface area contributed by atoms with Gasteiger partial charge < -0.3 is 5.32 Å². The SMILES string of the molecule is Cn1c(N[C@H]2CN(S(=O)(=O)c3ccccc3)C[C@@H]2F)nc(-c2ccncc2)cc1=O. The zero-order chi connectivity index (χ0) is 21.3. The first-order chi connectivity index (χ1) is 14.4. The molecule has 4 rings (SSSR count). The van der Waals surface area contributed by atoms with Crippen LogP contribution in [0.2, 0.25) is 0 Å². The average Bonchev–Trinajstić information content (AvgIpc) is 3.13. The minimum atomic E-state index is -3.81. The van der Waals surface area contributed by atoms with Gasteiger partial charge in [0.25, 0.3) is 5.56 Å². The molecule has 0 spiro atoms. The van der Waals surface area contributed by atoms with Crippen LogP contribution in [0.5, 0.6) is 0 Å². The molecule has 1 aliphatic heterocycles. The first-order valence-corrected chi connectivity index (χ1v) is 10.7. The highest BCUT2D eigenvalue weighted by Crippen LogP contribution is 2.25. The second-order valence-corrected chi connectivity index (χ2v) is 8.94. The van der Waals surface area contributed by atoms with Crippen LogP contribution >= 0.6 is 0 Å². The molecule has 1 fully saturated rings. The molecule has 3 heterocycles. The van der Waals surface area contributed by atoms with Crippen LogP contribution in [0.4, 0.5) is 10.3 Å². The average molecular weight is 429 g/mol. The zero-order valence-electron chi connectivity index (χ0n) is 16.1. The van der Waals surface area contributed by atoms with E-state index in [9.17, 15) is 17.6 Å². The van der Waals surface area contributed by atoms with Gasteiger partial charge >= 0.3 is 0 Å². The topological polar surface area (TPSA) is 97.2 Å². The zero-order valence-corrected chi connectivity index (χ0v) is 17.0. The maximum atomic E-state index is 14.7. The van der Waals surface area contributed by atoms with E-state index in [1.54, 1.807) is 42.7 Å². The van der Waals surface area contributed by atoms with Gasteiger partial charge in [-0.25, -0.2) is 17.8 Å². The lowest BCUT2D eigenvalue weighted by Gasteiger charge is -2.19. The molecule has 1 saturated heterocycles. The second kappa shape index (κ2) is 7.96. The molecule has 10 heteroatoms. The van der Waals surface area contributed by atoms with Crippen molar-refractivity contribution in [1.82, 2.24) is 18.8 Å². The van der Waals surface area contributed by atoms with Crippen molar-refractivity contribution < 1.29 is 12.8 Å². The second-order valence-electron chi connectivity index (χ2n) is 7.00. The van der Waals surface area contributed by atoms with E-state index in [4.69, 9.17) is 0 Å². The minimum Gasteiger partial charge on any atom is -0.349 e. The Morgan fingerprint density at radius 3 is 2.50 bits per heavy atom. The van der Waals surface area contributed by atoms with E-state index in [1.165, 1.54) is 29.8 Å². The van der Waals surface area contributed by atoms with Crippen molar-refractivity contribution in [3.05, 3.63) is 71.3 Å². The van der Waals surface area contributed by atoms with E-state index in [0.29, 0.717) is 11.3 Å². The molecule has 0 amide bonds. The van der Waals surface area contributed by atoms with Crippen molar-refractivity contribution >= 4 is 16.0 Å². The van der Waals surface area contributed by atoms with Gasteiger partial charge in [0.2, 0.25) is 16.0 Å². The van der Waals surface area contributed by atoms with Crippen molar-refractivity contribution in [3.8, 4) is 11.3 Å². The van der Waals surface area contributed by atoms with E-state index in [0.717, 1.165) is 4.31 Å². The summed E-state index contributed by atoms with van der Waals surface area (Å²) in [6.45, 7) is -0.347. The molecule has 3 aromatic rings. The van der Waals surface area contributed by atoms with Gasteiger partial charge in [-0.2, -0.15) is 4.31 Å². The summed E-state index contributed by atoms with van der Waals surface area (Å²) in [4.78, 5) is 20.9. The fraction of sp³-hybridized carbons (Fsp3) is 0.250. The molecule has 0 bridgehead atoms. The van der Waals surface area contributed by atoms with E-state index in [1.807, 2.05) is 0 Å². The maximum absolute atomic E-state index is 14.7. The molecular weight excluding hydrogens is 409 g/mol. The third-order valence-corrected chi connectivity index (χ3v) is 6.87. The van der Waals surface area contributed by atoms with Gasteiger partial charge in [0.05, 0.1) is 16.6 Å². The quantitative estimate of drug-likeness (QED) is 0.663. The summed E-state index contributed by atoms with van der Waals surface area (Å²) in [6.07, 6.45) is 1.72. The van der Waals surface area contributed by atoms with Gasteiger partial charge in [-0.1, -0.05) is 18.2 Å². The van der Waals surface area contributed by atoms with E-state index in [2.05, 4.69) is 15.3 Å². The standard InChI is InChI=1S/C20H20FN5O3S/c1-25-19(27)11-17(14-7-9-22-10-8-14)23-20(25)24-18-13-26(12-16(18)21)30(28,29)15-5-3-2-4-6-15/h2-11,16,18H,12-13H2,1H3,(H,23,24)/t16-,18-/m0/s1. The Balaban J connectivity index is 1.59. The number of aromatic nitrogens is 3. The smallest absolute Gasteiger partial charge is 0.255 e. The fourth-order valence-corrected chi connectivity index (χ4v) is 4.80. The number of anilines is 1.